The molecule has 0 saturated carbocycles. The van der Waals surface area contributed by atoms with E-state index in [-0.39, 0.29) is 28.7 Å². The first kappa shape index (κ1) is 24.3. The van der Waals surface area contributed by atoms with E-state index in [0.717, 1.165) is 16.7 Å². The molecule has 0 aliphatic heterocycles. The molecule has 4 rings (SSSR count). The molecule has 0 spiro atoms. The van der Waals surface area contributed by atoms with Crippen LogP contribution in [0.2, 0.25) is 0 Å². The van der Waals surface area contributed by atoms with Crippen molar-refractivity contribution in [2.24, 2.45) is 0 Å². The lowest BCUT2D eigenvalue weighted by atomic mass is 10.1. The first-order valence-corrected chi connectivity index (χ1v) is 12.8. The molecule has 0 bridgehead atoms. The van der Waals surface area contributed by atoms with E-state index in [2.05, 4.69) is 23.5 Å². The number of rotatable bonds is 9. The van der Waals surface area contributed by atoms with Gasteiger partial charge in [-0.05, 0) is 36.4 Å². The standard InChI is InChI=1S/C25H21N3O5S2/c1-3-13-28(14-4-2)35(31,32)19-11-9-17(10-12-19)23(29)27-25-26-21(16-34-25)20-15-18-7-5-6-8-22(18)33-24(20)30/h3-12,15-16H,1-2,13-14H2,(H,26,27,29). The van der Waals surface area contributed by atoms with Crippen LogP contribution in [0.5, 0.6) is 0 Å². The van der Waals surface area contributed by atoms with Crippen molar-refractivity contribution >= 4 is 43.4 Å². The molecule has 1 N–H and O–H groups in total. The van der Waals surface area contributed by atoms with Gasteiger partial charge in [-0.1, -0.05) is 30.4 Å². The molecule has 0 saturated heterocycles. The summed E-state index contributed by atoms with van der Waals surface area (Å²) < 4.78 is 32.2. The van der Waals surface area contributed by atoms with Crippen LogP contribution in [0, 0.1) is 0 Å². The number of hydrogen-bond donors (Lipinski definition) is 1. The minimum atomic E-state index is -3.76. The Kier molecular flexibility index (Phi) is 7.06. The van der Waals surface area contributed by atoms with Crippen molar-refractivity contribution < 1.29 is 17.6 Å². The van der Waals surface area contributed by atoms with Crippen LogP contribution in [0.1, 0.15) is 10.4 Å². The van der Waals surface area contributed by atoms with Gasteiger partial charge in [0.1, 0.15) is 5.58 Å². The highest BCUT2D eigenvalue weighted by Crippen LogP contribution is 2.26. The number of carbonyl (C=O) groups is 1. The van der Waals surface area contributed by atoms with E-state index in [1.807, 2.05) is 12.1 Å². The van der Waals surface area contributed by atoms with Crippen LogP contribution in [0.15, 0.2) is 99.4 Å². The second-order valence-electron chi connectivity index (χ2n) is 7.40. The first-order chi connectivity index (χ1) is 16.8. The highest BCUT2D eigenvalue weighted by Gasteiger charge is 2.23. The lowest BCUT2D eigenvalue weighted by molar-refractivity contribution is 0.102. The summed E-state index contributed by atoms with van der Waals surface area (Å²) in [5.74, 6) is -0.463. The number of anilines is 1. The van der Waals surface area contributed by atoms with Gasteiger partial charge in [0.05, 0.1) is 16.2 Å². The number of benzene rings is 2. The van der Waals surface area contributed by atoms with Gasteiger partial charge in [0.25, 0.3) is 5.91 Å². The molecule has 2 heterocycles. The SMILES string of the molecule is C=CCN(CC=C)S(=O)(=O)c1ccc(C(=O)Nc2nc(-c3cc4ccccc4oc3=O)cs2)cc1. The third-order valence-electron chi connectivity index (χ3n) is 5.06. The fourth-order valence-electron chi connectivity index (χ4n) is 3.35. The van der Waals surface area contributed by atoms with E-state index in [0.29, 0.717) is 16.8 Å². The van der Waals surface area contributed by atoms with Gasteiger partial charge in [-0.15, -0.1) is 24.5 Å². The third kappa shape index (κ3) is 5.14. The minimum absolute atomic E-state index is 0.0531. The van der Waals surface area contributed by atoms with Crippen LogP contribution in [0.25, 0.3) is 22.2 Å². The molecule has 0 atom stereocenters. The Morgan fingerprint density at radius 2 is 1.77 bits per heavy atom. The maximum absolute atomic E-state index is 12.8. The number of sulfonamides is 1. The molecule has 35 heavy (non-hydrogen) atoms. The van der Waals surface area contributed by atoms with Crippen molar-refractivity contribution in [2.75, 3.05) is 18.4 Å². The lowest BCUT2D eigenvalue weighted by Gasteiger charge is -2.19. The van der Waals surface area contributed by atoms with Gasteiger partial charge >= 0.3 is 5.63 Å². The summed E-state index contributed by atoms with van der Waals surface area (Å²) >= 11 is 1.16. The molecule has 0 aliphatic carbocycles. The molecule has 2 aromatic carbocycles. The molecule has 0 fully saturated rings. The van der Waals surface area contributed by atoms with E-state index in [4.69, 9.17) is 4.42 Å². The highest BCUT2D eigenvalue weighted by molar-refractivity contribution is 7.89. The van der Waals surface area contributed by atoms with Crippen molar-refractivity contribution in [3.8, 4) is 11.3 Å². The average Bonchev–Trinajstić information content (AvgIpc) is 3.31. The summed E-state index contributed by atoms with van der Waals surface area (Å²) in [5.41, 5.74) is 0.887. The number of nitrogens with one attached hydrogen (secondary N) is 1. The molecule has 0 aliphatic rings. The predicted octanol–water partition coefficient (Wildman–Crippen LogP) is 4.53. The summed E-state index contributed by atoms with van der Waals surface area (Å²) in [6.07, 6.45) is 2.99. The molecule has 10 heteroatoms. The van der Waals surface area contributed by atoms with Gasteiger partial charge < -0.3 is 4.42 Å². The Bertz CT molecular complexity index is 1560. The number of carbonyl (C=O) groups excluding carboxylic acids is 1. The van der Waals surface area contributed by atoms with Crippen LogP contribution >= 0.6 is 11.3 Å². The number of nitrogens with zero attached hydrogens (tertiary/aromatic N) is 2. The highest BCUT2D eigenvalue weighted by atomic mass is 32.2. The smallest absolute Gasteiger partial charge is 0.345 e. The number of fused-ring (bicyclic) bond motifs is 1. The minimum Gasteiger partial charge on any atom is -0.422 e. The van der Waals surface area contributed by atoms with Gasteiger partial charge in [0.15, 0.2) is 5.13 Å². The number of hydrogen-bond acceptors (Lipinski definition) is 7. The first-order valence-electron chi connectivity index (χ1n) is 10.5. The summed E-state index contributed by atoms with van der Waals surface area (Å²) in [6.45, 7) is 7.45. The molecule has 1 amide bonds. The Balaban J connectivity index is 1.51. The lowest BCUT2D eigenvalue weighted by Crippen LogP contribution is -2.31. The quantitative estimate of drug-likeness (QED) is 0.263. The molecule has 4 aromatic rings. The largest absolute Gasteiger partial charge is 0.422 e. The second kappa shape index (κ2) is 10.2. The Hall–Kier alpha value is -3.86. The van der Waals surface area contributed by atoms with E-state index in [1.54, 1.807) is 23.6 Å². The van der Waals surface area contributed by atoms with Crippen molar-refractivity contribution in [3.05, 3.63) is 101 Å². The van der Waals surface area contributed by atoms with E-state index in [9.17, 15) is 18.0 Å². The topological polar surface area (TPSA) is 110 Å². The Labute approximate surface area is 205 Å². The summed E-state index contributed by atoms with van der Waals surface area (Å²) in [4.78, 5) is 29.5. The third-order valence-corrected chi connectivity index (χ3v) is 7.67. The van der Waals surface area contributed by atoms with Crippen LogP contribution in [0.3, 0.4) is 0 Å². The molecule has 178 valence electrons. The number of para-hydroxylation sites is 1. The summed E-state index contributed by atoms with van der Waals surface area (Å²) in [6, 6.07) is 14.4. The Morgan fingerprint density at radius 3 is 2.46 bits per heavy atom. The van der Waals surface area contributed by atoms with Gasteiger partial charge in [-0.25, -0.2) is 18.2 Å². The van der Waals surface area contributed by atoms with E-state index < -0.39 is 21.6 Å². The van der Waals surface area contributed by atoms with E-state index in [1.165, 1.54) is 40.7 Å². The van der Waals surface area contributed by atoms with Crippen molar-refractivity contribution in [1.82, 2.24) is 9.29 Å². The van der Waals surface area contributed by atoms with Crippen molar-refractivity contribution in [2.45, 2.75) is 4.90 Å². The van der Waals surface area contributed by atoms with Crippen LogP contribution in [-0.4, -0.2) is 36.7 Å². The fourth-order valence-corrected chi connectivity index (χ4v) is 5.44. The summed E-state index contributed by atoms with van der Waals surface area (Å²) in [5, 5.41) is 5.38. The monoisotopic (exact) mass is 507 g/mol. The second-order valence-corrected chi connectivity index (χ2v) is 10.2. The molecule has 0 unspecified atom stereocenters. The van der Waals surface area contributed by atoms with Gasteiger partial charge in [-0.3, -0.25) is 10.1 Å². The van der Waals surface area contributed by atoms with Crippen LogP contribution < -0.4 is 10.9 Å². The van der Waals surface area contributed by atoms with Gasteiger partial charge in [-0.2, -0.15) is 4.31 Å². The van der Waals surface area contributed by atoms with Crippen LogP contribution in [0.4, 0.5) is 5.13 Å². The Morgan fingerprint density at radius 1 is 1.09 bits per heavy atom. The van der Waals surface area contributed by atoms with Crippen molar-refractivity contribution in [3.63, 3.8) is 0 Å². The molecule has 2 aromatic heterocycles. The average molecular weight is 508 g/mol. The molecule has 8 nitrogen and oxygen atoms in total. The molecular weight excluding hydrogens is 486 g/mol. The summed E-state index contributed by atoms with van der Waals surface area (Å²) in [7, 11) is -3.76. The predicted molar refractivity (Wildman–Crippen MR) is 137 cm³/mol. The zero-order valence-electron chi connectivity index (χ0n) is 18.5. The number of thiazole rings is 1. The normalized spacial score (nSPS) is 11.5. The number of aromatic nitrogens is 1. The maximum atomic E-state index is 12.8. The zero-order chi connectivity index (χ0) is 25.0. The fraction of sp³-hybridized carbons (Fsp3) is 0.0800. The molecule has 0 radical (unpaired) electrons. The van der Waals surface area contributed by atoms with Crippen LogP contribution in [-0.2, 0) is 10.0 Å². The zero-order valence-corrected chi connectivity index (χ0v) is 20.1. The van der Waals surface area contributed by atoms with E-state index >= 15 is 0 Å². The van der Waals surface area contributed by atoms with Gasteiger partial charge in [0.2, 0.25) is 10.0 Å². The van der Waals surface area contributed by atoms with Crippen molar-refractivity contribution in [1.29, 1.82) is 0 Å². The van der Waals surface area contributed by atoms with Gasteiger partial charge in [0, 0.05) is 29.4 Å². The number of amides is 1. The molecular formula is C25H21N3O5S2. The maximum Gasteiger partial charge on any atom is 0.345 e.